The SMILES string of the molecule is C=CCN(CC(=O)Nc1cc(C)on1)C(=O)CC(C)CC(C)(C)C. The zero-order chi connectivity index (χ0) is 18.3. The van der Waals surface area contributed by atoms with Crippen LogP contribution in [0.15, 0.2) is 23.2 Å². The number of aryl methyl sites for hydroxylation is 1. The van der Waals surface area contributed by atoms with Crippen molar-refractivity contribution in [3.63, 3.8) is 0 Å². The molecular formula is C18H29N3O3. The van der Waals surface area contributed by atoms with Gasteiger partial charge in [0, 0.05) is 19.0 Å². The summed E-state index contributed by atoms with van der Waals surface area (Å²) in [5.41, 5.74) is 0.172. The van der Waals surface area contributed by atoms with E-state index in [2.05, 4.69) is 44.7 Å². The fourth-order valence-electron chi connectivity index (χ4n) is 2.74. The predicted molar refractivity (Wildman–Crippen MR) is 94.5 cm³/mol. The van der Waals surface area contributed by atoms with Crippen molar-refractivity contribution in [2.45, 2.75) is 47.5 Å². The number of carbonyl (C=O) groups excluding carboxylic acids is 2. The number of aromatic nitrogens is 1. The summed E-state index contributed by atoms with van der Waals surface area (Å²) in [6, 6.07) is 1.63. The smallest absolute Gasteiger partial charge is 0.245 e. The van der Waals surface area contributed by atoms with Crippen LogP contribution in [0.3, 0.4) is 0 Å². The number of amides is 2. The molecule has 0 aliphatic heterocycles. The molecule has 1 N–H and O–H groups in total. The second kappa shape index (κ2) is 8.66. The summed E-state index contributed by atoms with van der Waals surface area (Å²) in [6.45, 7) is 14.2. The molecule has 6 heteroatoms. The molecule has 0 radical (unpaired) electrons. The maximum Gasteiger partial charge on any atom is 0.245 e. The van der Waals surface area contributed by atoms with Crippen LogP contribution < -0.4 is 5.32 Å². The van der Waals surface area contributed by atoms with E-state index in [0.29, 0.717) is 24.5 Å². The number of carbonyl (C=O) groups is 2. The summed E-state index contributed by atoms with van der Waals surface area (Å²) < 4.78 is 4.90. The highest BCUT2D eigenvalue weighted by Gasteiger charge is 2.22. The van der Waals surface area contributed by atoms with Crippen molar-refractivity contribution in [1.29, 1.82) is 0 Å². The molecule has 0 saturated carbocycles. The molecule has 0 fully saturated rings. The summed E-state index contributed by atoms with van der Waals surface area (Å²) in [7, 11) is 0. The van der Waals surface area contributed by atoms with Crippen LogP contribution in [0.1, 0.15) is 46.3 Å². The first kappa shape index (κ1) is 19.9. The average Bonchev–Trinajstić information content (AvgIpc) is 2.81. The second-order valence-electron chi connectivity index (χ2n) is 7.51. The van der Waals surface area contributed by atoms with Gasteiger partial charge in [-0.1, -0.05) is 38.9 Å². The van der Waals surface area contributed by atoms with Crippen LogP contribution in [0.2, 0.25) is 0 Å². The molecule has 134 valence electrons. The first-order chi connectivity index (χ1) is 11.1. The Labute approximate surface area is 144 Å². The van der Waals surface area contributed by atoms with E-state index in [1.807, 2.05) is 0 Å². The number of nitrogens with one attached hydrogen (secondary N) is 1. The van der Waals surface area contributed by atoms with E-state index in [4.69, 9.17) is 4.52 Å². The molecule has 1 aromatic rings. The lowest BCUT2D eigenvalue weighted by atomic mass is 9.84. The number of rotatable bonds is 8. The third kappa shape index (κ3) is 7.44. The van der Waals surface area contributed by atoms with Crippen molar-refractivity contribution in [2.24, 2.45) is 11.3 Å². The van der Waals surface area contributed by atoms with Crippen LogP contribution in [-0.2, 0) is 9.59 Å². The van der Waals surface area contributed by atoms with Crippen LogP contribution >= 0.6 is 0 Å². The van der Waals surface area contributed by atoms with E-state index >= 15 is 0 Å². The van der Waals surface area contributed by atoms with Crippen LogP contribution in [0.4, 0.5) is 5.82 Å². The Hall–Kier alpha value is -2.11. The number of anilines is 1. The molecule has 0 aliphatic carbocycles. The van der Waals surface area contributed by atoms with Crippen molar-refractivity contribution in [2.75, 3.05) is 18.4 Å². The molecular weight excluding hydrogens is 306 g/mol. The second-order valence-corrected chi connectivity index (χ2v) is 7.51. The van der Waals surface area contributed by atoms with E-state index in [0.717, 1.165) is 6.42 Å². The molecule has 1 aromatic heterocycles. The van der Waals surface area contributed by atoms with E-state index in [1.165, 1.54) is 4.90 Å². The quantitative estimate of drug-likeness (QED) is 0.739. The van der Waals surface area contributed by atoms with Gasteiger partial charge in [0.1, 0.15) is 12.3 Å². The molecule has 1 unspecified atom stereocenters. The summed E-state index contributed by atoms with van der Waals surface area (Å²) in [5, 5.41) is 6.34. The molecule has 2 amide bonds. The third-order valence-corrected chi connectivity index (χ3v) is 3.42. The van der Waals surface area contributed by atoms with Gasteiger partial charge in [0.15, 0.2) is 5.82 Å². The standard InChI is InChI=1S/C18H29N3O3/c1-7-8-21(17(23)9-13(2)11-18(4,5)6)12-16(22)19-15-10-14(3)24-20-15/h7,10,13H,1,8-9,11-12H2,2-6H3,(H,19,20,22). The summed E-state index contributed by atoms with van der Waals surface area (Å²) in [4.78, 5) is 26.1. The Morgan fingerprint density at radius 2 is 2.12 bits per heavy atom. The molecule has 24 heavy (non-hydrogen) atoms. The number of hydrogen-bond donors (Lipinski definition) is 1. The van der Waals surface area contributed by atoms with Crippen LogP contribution in [-0.4, -0.2) is 35.0 Å². The molecule has 0 saturated heterocycles. The molecule has 0 aromatic carbocycles. The zero-order valence-corrected chi connectivity index (χ0v) is 15.4. The van der Waals surface area contributed by atoms with Crippen molar-refractivity contribution < 1.29 is 14.1 Å². The van der Waals surface area contributed by atoms with E-state index < -0.39 is 0 Å². The molecule has 1 heterocycles. The maximum atomic E-state index is 12.5. The van der Waals surface area contributed by atoms with Gasteiger partial charge in [0.25, 0.3) is 0 Å². The summed E-state index contributed by atoms with van der Waals surface area (Å²) >= 11 is 0. The Morgan fingerprint density at radius 3 is 2.62 bits per heavy atom. The van der Waals surface area contributed by atoms with Gasteiger partial charge in [0.05, 0.1) is 0 Å². The average molecular weight is 335 g/mol. The van der Waals surface area contributed by atoms with E-state index in [9.17, 15) is 9.59 Å². The van der Waals surface area contributed by atoms with Gasteiger partial charge in [-0.25, -0.2) is 0 Å². The zero-order valence-electron chi connectivity index (χ0n) is 15.4. The first-order valence-corrected chi connectivity index (χ1v) is 8.22. The van der Waals surface area contributed by atoms with Crippen molar-refractivity contribution in [1.82, 2.24) is 10.1 Å². The van der Waals surface area contributed by atoms with Crippen molar-refractivity contribution >= 4 is 17.6 Å². The van der Waals surface area contributed by atoms with Gasteiger partial charge < -0.3 is 14.7 Å². The minimum absolute atomic E-state index is 0.0288. The Bertz CT molecular complexity index is 572. The fraction of sp³-hybridized carbons (Fsp3) is 0.611. The molecule has 6 nitrogen and oxygen atoms in total. The molecule has 1 atom stereocenters. The van der Waals surface area contributed by atoms with Crippen molar-refractivity contribution in [3.05, 3.63) is 24.5 Å². The van der Waals surface area contributed by atoms with E-state index in [-0.39, 0.29) is 29.7 Å². The minimum atomic E-state index is -0.304. The van der Waals surface area contributed by atoms with Crippen LogP contribution in [0.25, 0.3) is 0 Å². The normalized spacial score (nSPS) is 12.5. The lowest BCUT2D eigenvalue weighted by molar-refractivity contribution is -0.135. The summed E-state index contributed by atoms with van der Waals surface area (Å²) in [5.74, 6) is 0.871. The monoisotopic (exact) mass is 335 g/mol. The number of hydrogen-bond acceptors (Lipinski definition) is 4. The largest absolute Gasteiger partial charge is 0.360 e. The lowest BCUT2D eigenvalue weighted by Gasteiger charge is -2.26. The summed E-state index contributed by atoms with van der Waals surface area (Å²) in [6.07, 6.45) is 2.99. The Morgan fingerprint density at radius 1 is 1.46 bits per heavy atom. The Balaban J connectivity index is 2.59. The third-order valence-electron chi connectivity index (χ3n) is 3.42. The van der Waals surface area contributed by atoms with Gasteiger partial charge in [0.2, 0.25) is 11.8 Å². The van der Waals surface area contributed by atoms with Crippen molar-refractivity contribution in [3.8, 4) is 0 Å². The van der Waals surface area contributed by atoms with Gasteiger partial charge in [-0.3, -0.25) is 9.59 Å². The highest BCUT2D eigenvalue weighted by molar-refractivity contribution is 5.93. The molecule has 0 spiro atoms. The Kier molecular flexibility index (Phi) is 7.19. The topological polar surface area (TPSA) is 75.4 Å². The minimum Gasteiger partial charge on any atom is -0.360 e. The molecule has 1 rings (SSSR count). The first-order valence-electron chi connectivity index (χ1n) is 8.22. The lowest BCUT2D eigenvalue weighted by Crippen LogP contribution is -2.39. The van der Waals surface area contributed by atoms with Gasteiger partial charge in [-0.05, 0) is 24.7 Å². The predicted octanol–water partition coefficient (Wildman–Crippen LogP) is 3.40. The fourth-order valence-corrected chi connectivity index (χ4v) is 2.74. The van der Waals surface area contributed by atoms with Crippen LogP contribution in [0.5, 0.6) is 0 Å². The molecule has 0 bridgehead atoms. The number of nitrogens with zero attached hydrogens (tertiary/aromatic N) is 2. The van der Waals surface area contributed by atoms with Gasteiger partial charge >= 0.3 is 0 Å². The maximum absolute atomic E-state index is 12.5. The highest BCUT2D eigenvalue weighted by atomic mass is 16.5. The highest BCUT2D eigenvalue weighted by Crippen LogP contribution is 2.26. The van der Waals surface area contributed by atoms with Crippen LogP contribution in [0, 0.1) is 18.3 Å². The molecule has 0 aliphatic rings. The van der Waals surface area contributed by atoms with E-state index in [1.54, 1.807) is 19.1 Å². The van der Waals surface area contributed by atoms with Gasteiger partial charge in [-0.15, -0.1) is 6.58 Å². The van der Waals surface area contributed by atoms with Gasteiger partial charge in [-0.2, -0.15) is 0 Å².